The lowest BCUT2D eigenvalue weighted by Gasteiger charge is -2.18. The molecule has 28 heavy (non-hydrogen) atoms. The number of aliphatic carboxylic acids is 1. The molecule has 2 aromatic rings. The van der Waals surface area contributed by atoms with Crippen molar-refractivity contribution >= 4 is 50.8 Å². The Hall–Kier alpha value is -2.13. The van der Waals surface area contributed by atoms with Gasteiger partial charge in [-0.3, -0.25) is 9.59 Å². The fourth-order valence-electron chi connectivity index (χ4n) is 2.30. The van der Waals surface area contributed by atoms with Crippen molar-refractivity contribution in [2.24, 2.45) is 5.92 Å². The number of hydrogen-bond acceptors (Lipinski definition) is 4. The lowest BCUT2D eigenvalue weighted by atomic mass is 10.1. The highest BCUT2D eigenvalue weighted by Gasteiger charge is 2.28. The van der Waals surface area contributed by atoms with Crippen molar-refractivity contribution in [3.63, 3.8) is 0 Å². The van der Waals surface area contributed by atoms with Crippen molar-refractivity contribution < 1.29 is 23.1 Å². The summed E-state index contributed by atoms with van der Waals surface area (Å²) in [7, 11) is -4.04. The van der Waals surface area contributed by atoms with E-state index in [1.807, 2.05) is 0 Å². The molecular weight excluding hydrogens is 427 g/mol. The Morgan fingerprint density at radius 2 is 1.64 bits per heavy atom. The van der Waals surface area contributed by atoms with Gasteiger partial charge in [-0.15, -0.1) is 0 Å². The molecule has 0 saturated heterocycles. The van der Waals surface area contributed by atoms with Gasteiger partial charge in [-0.1, -0.05) is 37.0 Å². The molecule has 0 radical (unpaired) electrons. The van der Waals surface area contributed by atoms with Gasteiger partial charge in [-0.2, -0.15) is 4.72 Å². The molecule has 7 nitrogen and oxygen atoms in total. The maximum atomic E-state index is 12.4. The fourth-order valence-corrected chi connectivity index (χ4v) is 4.13. The van der Waals surface area contributed by atoms with Gasteiger partial charge in [0, 0.05) is 10.7 Å². The molecule has 3 N–H and O–H groups in total. The Morgan fingerprint density at radius 1 is 1.04 bits per heavy atom. The van der Waals surface area contributed by atoms with E-state index in [9.17, 15) is 18.0 Å². The van der Waals surface area contributed by atoms with Crippen molar-refractivity contribution in [2.75, 3.05) is 5.32 Å². The Bertz CT molecular complexity index is 992. The number of rotatable bonds is 7. The van der Waals surface area contributed by atoms with Gasteiger partial charge in [0.25, 0.3) is 5.91 Å². The monoisotopic (exact) mass is 444 g/mol. The first-order valence-corrected chi connectivity index (χ1v) is 10.4. The smallest absolute Gasteiger partial charge is 0.322 e. The van der Waals surface area contributed by atoms with Crippen LogP contribution in [0.4, 0.5) is 5.69 Å². The van der Waals surface area contributed by atoms with E-state index in [1.165, 1.54) is 42.5 Å². The summed E-state index contributed by atoms with van der Waals surface area (Å²) in [4.78, 5) is 23.4. The van der Waals surface area contributed by atoms with E-state index < -0.39 is 33.9 Å². The summed E-state index contributed by atoms with van der Waals surface area (Å²) >= 11 is 11.8. The van der Waals surface area contributed by atoms with Crippen LogP contribution in [0, 0.1) is 5.92 Å². The van der Waals surface area contributed by atoms with Crippen LogP contribution in [0.25, 0.3) is 0 Å². The van der Waals surface area contributed by atoms with Crippen molar-refractivity contribution in [3.8, 4) is 0 Å². The fraction of sp³-hybridized carbons (Fsp3) is 0.222. The summed E-state index contributed by atoms with van der Waals surface area (Å²) in [6, 6.07) is 8.49. The number of sulfonamides is 1. The van der Waals surface area contributed by atoms with Gasteiger partial charge >= 0.3 is 5.97 Å². The normalized spacial score (nSPS) is 12.6. The van der Waals surface area contributed by atoms with Crippen LogP contribution in [0.5, 0.6) is 0 Å². The Kier molecular flexibility index (Phi) is 7.06. The van der Waals surface area contributed by atoms with E-state index in [2.05, 4.69) is 10.0 Å². The second-order valence-electron chi connectivity index (χ2n) is 6.28. The van der Waals surface area contributed by atoms with Crippen molar-refractivity contribution in [2.45, 2.75) is 24.8 Å². The molecule has 10 heteroatoms. The topological polar surface area (TPSA) is 113 Å². The number of nitrogens with one attached hydrogen (secondary N) is 2. The van der Waals surface area contributed by atoms with E-state index in [1.54, 1.807) is 13.8 Å². The Morgan fingerprint density at radius 3 is 2.14 bits per heavy atom. The third-order valence-corrected chi connectivity index (χ3v) is 5.82. The number of carbonyl (C=O) groups is 2. The quantitative estimate of drug-likeness (QED) is 0.603. The molecule has 0 aromatic heterocycles. The minimum absolute atomic E-state index is 0.123. The third-order valence-electron chi connectivity index (χ3n) is 3.81. The second-order valence-corrected chi connectivity index (χ2v) is 8.84. The van der Waals surface area contributed by atoms with Gasteiger partial charge in [0.2, 0.25) is 10.0 Å². The van der Waals surface area contributed by atoms with E-state index in [-0.39, 0.29) is 15.5 Å². The highest BCUT2D eigenvalue weighted by atomic mass is 35.5. The maximum absolute atomic E-state index is 12.4. The van der Waals surface area contributed by atoms with E-state index in [0.717, 1.165) is 0 Å². The molecule has 0 aliphatic rings. The zero-order chi connectivity index (χ0) is 21.1. The second kappa shape index (κ2) is 8.91. The number of hydrogen-bond donors (Lipinski definition) is 3. The Balaban J connectivity index is 2.16. The molecule has 0 unspecified atom stereocenters. The zero-order valence-electron chi connectivity index (χ0n) is 14.9. The molecule has 2 aromatic carbocycles. The van der Waals surface area contributed by atoms with Gasteiger partial charge in [0.15, 0.2) is 0 Å². The average Bonchev–Trinajstić information content (AvgIpc) is 2.59. The number of carboxylic acids is 1. The van der Waals surface area contributed by atoms with Crippen LogP contribution in [-0.2, 0) is 14.8 Å². The first-order chi connectivity index (χ1) is 13.0. The molecule has 150 valence electrons. The van der Waals surface area contributed by atoms with Crippen LogP contribution in [0.3, 0.4) is 0 Å². The van der Waals surface area contributed by atoms with Crippen LogP contribution in [0.1, 0.15) is 24.2 Å². The van der Waals surface area contributed by atoms with E-state index in [0.29, 0.717) is 10.7 Å². The molecule has 0 saturated carbocycles. The predicted molar refractivity (Wildman–Crippen MR) is 107 cm³/mol. The molecule has 1 amide bonds. The summed E-state index contributed by atoms with van der Waals surface area (Å²) in [5.41, 5.74) is 0.555. The first-order valence-electron chi connectivity index (χ1n) is 8.13. The van der Waals surface area contributed by atoms with E-state index >= 15 is 0 Å². The van der Waals surface area contributed by atoms with Crippen molar-refractivity contribution in [1.82, 2.24) is 4.72 Å². The minimum atomic E-state index is -4.04. The molecule has 0 fully saturated rings. The molecular formula is C18H18Cl2N2O5S. The highest BCUT2D eigenvalue weighted by Crippen LogP contribution is 2.22. The van der Waals surface area contributed by atoms with Crippen molar-refractivity contribution in [3.05, 3.63) is 58.1 Å². The summed E-state index contributed by atoms with van der Waals surface area (Å²) in [5.74, 6) is -2.18. The van der Waals surface area contributed by atoms with Gasteiger partial charge in [-0.05, 0) is 48.4 Å². The van der Waals surface area contributed by atoms with Gasteiger partial charge < -0.3 is 10.4 Å². The van der Waals surface area contributed by atoms with Crippen LogP contribution in [0.15, 0.2) is 47.4 Å². The largest absolute Gasteiger partial charge is 0.480 e. The number of carboxylic acid groups (broad SMARTS) is 1. The predicted octanol–water partition coefficient (Wildman–Crippen LogP) is 3.63. The SMILES string of the molecule is CC(C)[C@H](NS(=O)(=O)c1ccc(NC(=O)c2ccc(Cl)cc2Cl)cc1)C(=O)O. The summed E-state index contributed by atoms with van der Waals surface area (Å²) in [5, 5.41) is 12.3. The van der Waals surface area contributed by atoms with Crippen LogP contribution >= 0.6 is 23.2 Å². The molecule has 0 heterocycles. The van der Waals surface area contributed by atoms with Gasteiger partial charge in [-0.25, -0.2) is 8.42 Å². The number of benzene rings is 2. The third kappa shape index (κ3) is 5.45. The summed E-state index contributed by atoms with van der Waals surface area (Å²) in [6.07, 6.45) is 0. The lowest BCUT2D eigenvalue weighted by Crippen LogP contribution is -2.44. The van der Waals surface area contributed by atoms with Crippen LogP contribution in [0.2, 0.25) is 10.0 Å². The minimum Gasteiger partial charge on any atom is -0.480 e. The summed E-state index contributed by atoms with van der Waals surface area (Å²) in [6.45, 7) is 3.20. The van der Waals surface area contributed by atoms with Crippen LogP contribution < -0.4 is 10.0 Å². The Labute approximate surface area is 172 Å². The van der Waals surface area contributed by atoms with E-state index in [4.69, 9.17) is 28.3 Å². The van der Waals surface area contributed by atoms with Gasteiger partial charge in [0.05, 0.1) is 15.5 Å². The first kappa shape index (κ1) is 22.2. The van der Waals surface area contributed by atoms with Gasteiger partial charge in [0.1, 0.15) is 6.04 Å². The average molecular weight is 445 g/mol. The molecule has 0 aliphatic heterocycles. The number of amides is 1. The van der Waals surface area contributed by atoms with Crippen LogP contribution in [-0.4, -0.2) is 31.4 Å². The standard InChI is InChI=1S/C18H18Cl2N2O5S/c1-10(2)16(18(24)25)22-28(26,27)13-6-4-12(5-7-13)21-17(23)14-8-3-11(19)9-15(14)20/h3-10,16,22H,1-2H3,(H,21,23)(H,24,25)/t16-/m0/s1. The molecule has 0 aliphatic carbocycles. The molecule has 1 atom stereocenters. The number of carbonyl (C=O) groups excluding carboxylic acids is 1. The number of anilines is 1. The van der Waals surface area contributed by atoms with Crippen molar-refractivity contribution in [1.29, 1.82) is 0 Å². The lowest BCUT2D eigenvalue weighted by molar-refractivity contribution is -0.140. The molecule has 0 spiro atoms. The highest BCUT2D eigenvalue weighted by molar-refractivity contribution is 7.89. The number of halogens is 2. The molecule has 0 bridgehead atoms. The molecule has 2 rings (SSSR count). The maximum Gasteiger partial charge on any atom is 0.322 e. The summed E-state index contributed by atoms with van der Waals surface area (Å²) < 4.78 is 26.9. The zero-order valence-corrected chi connectivity index (χ0v) is 17.3.